The number of fused-ring (bicyclic) bond motifs is 5. The van der Waals surface area contributed by atoms with Gasteiger partial charge in [0.15, 0.2) is 23.0 Å². The fraction of sp³-hybridized carbons (Fsp3) is 0.415. The van der Waals surface area contributed by atoms with Crippen LogP contribution in [-0.4, -0.2) is 73.9 Å². The van der Waals surface area contributed by atoms with Crippen LogP contribution in [0.4, 0.5) is 5.69 Å². The summed E-state index contributed by atoms with van der Waals surface area (Å²) in [5, 5.41) is 77.1. The van der Waals surface area contributed by atoms with Crippen LogP contribution in [0.5, 0.6) is 34.5 Å². The number of aryl methyl sites for hydroxylation is 2. The normalized spacial score (nSPS) is 22.8. The number of H-pyrrole nitrogens is 1. The minimum Gasteiger partial charge on any atom is -0.508 e. The van der Waals surface area contributed by atoms with E-state index in [0.29, 0.717) is 68.9 Å². The molecule has 12 nitrogen and oxygen atoms in total. The first kappa shape index (κ1) is 45.5. The van der Waals surface area contributed by atoms with Gasteiger partial charge in [-0.15, -0.1) is 0 Å². The highest BCUT2D eigenvalue weighted by Gasteiger charge is 2.58. The summed E-state index contributed by atoms with van der Waals surface area (Å²) < 4.78 is 11.5. The molecule has 3 heterocycles. The third kappa shape index (κ3) is 9.65. The molecule has 6 atom stereocenters. The SMILES string of the molecule is COc1cc(CC[C@@H](O)[C@H]2C(=O)C[C@H](c3cc(O)c(O)c(OCCCC(C)C)c3)CCc3c(ccc4cc(O)ccc34)NC3=CC(=CCN3)[C@@]23CC[C@@H](O)[C@H]3Cc2ccc[nH]2)ccc1O. The third-order valence-electron chi connectivity index (χ3n) is 14.1. The van der Waals surface area contributed by atoms with E-state index in [1.54, 1.807) is 36.4 Å². The highest BCUT2D eigenvalue weighted by Crippen LogP contribution is 2.58. The molecule has 1 aliphatic carbocycles. The summed E-state index contributed by atoms with van der Waals surface area (Å²) in [6.45, 7) is 5.05. The number of carbonyl (C=O) groups is 1. The van der Waals surface area contributed by atoms with Crippen molar-refractivity contribution in [3.63, 3.8) is 0 Å². The molecule has 0 saturated heterocycles. The number of aromatic nitrogens is 1. The molecule has 1 fully saturated rings. The first-order valence-corrected chi connectivity index (χ1v) is 23.1. The van der Waals surface area contributed by atoms with Gasteiger partial charge in [-0.05, 0) is 163 Å². The number of nitrogens with one attached hydrogen (secondary N) is 3. The molecule has 9 N–H and O–H groups in total. The molecule has 0 radical (unpaired) electrons. The monoisotopic (exact) mass is 885 g/mol. The van der Waals surface area contributed by atoms with Gasteiger partial charge in [0.2, 0.25) is 5.75 Å². The lowest BCUT2D eigenvalue weighted by atomic mass is 9.57. The van der Waals surface area contributed by atoms with E-state index in [0.717, 1.165) is 57.5 Å². The molecule has 1 spiro atoms. The quantitative estimate of drug-likeness (QED) is 0.0405. The van der Waals surface area contributed by atoms with Gasteiger partial charge in [-0.2, -0.15) is 0 Å². The van der Waals surface area contributed by atoms with Gasteiger partial charge < -0.3 is 55.7 Å². The van der Waals surface area contributed by atoms with Gasteiger partial charge in [-0.3, -0.25) is 4.79 Å². The number of aromatic amines is 1. The summed E-state index contributed by atoms with van der Waals surface area (Å²) in [6.07, 6.45) is 8.53. The van der Waals surface area contributed by atoms with Crippen molar-refractivity contribution in [2.45, 2.75) is 96.2 Å². The zero-order valence-corrected chi connectivity index (χ0v) is 37.5. The predicted molar refractivity (Wildman–Crippen MR) is 252 cm³/mol. The van der Waals surface area contributed by atoms with E-state index in [1.165, 1.54) is 13.2 Å². The molecule has 8 rings (SSSR count). The Morgan fingerprint density at radius 1 is 0.923 bits per heavy atom. The minimum absolute atomic E-state index is 0.00559. The topological polar surface area (TPSA) is 197 Å². The lowest BCUT2D eigenvalue weighted by molar-refractivity contribution is -0.134. The Morgan fingerprint density at radius 2 is 1.77 bits per heavy atom. The van der Waals surface area contributed by atoms with Crippen molar-refractivity contribution in [3.05, 3.63) is 125 Å². The second-order valence-corrected chi connectivity index (χ2v) is 18.6. The van der Waals surface area contributed by atoms with E-state index in [4.69, 9.17) is 9.47 Å². The fourth-order valence-corrected chi connectivity index (χ4v) is 10.9. The summed E-state index contributed by atoms with van der Waals surface area (Å²) >= 11 is 0. The van der Waals surface area contributed by atoms with Crippen molar-refractivity contribution in [1.29, 1.82) is 0 Å². The number of rotatable bonds is 13. The number of ketones is 1. The minimum atomic E-state index is -1.16. The number of carbonyl (C=O) groups excluding carboxylic acids is 1. The third-order valence-corrected chi connectivity index (χ3v) is 14.1. The number of dihydropyridines is 1. The number of phenolic OH excluding ortho intramolecular Hbond substituents is 4. The number of methoxy groups -OCH3 is 1. The molecule has 2 bridgehead atoms. The van der Waals surface area contributed by atoms with Crippen molar-refractivity contribution < 1.29 is 44.9 Å². The number of ether oxygens (including phenoxy) is 2. The van der Waals surface area contributed by atoms with Crippen molar-refractivity contribution in [1.82, 2.24) is 10.3 Å². The largest absolute Gasteiger partial charge is 0.508 e. The van der Waals surface area contributed by atoms with Crippen LogP contribution in [0, 0.1) is 23.2 Å². The van der Waals surface area contributed by atoms with Gasteiger partial charge >= 0.3 is 0 Å². The molecule has 1 saturated carbocycles. The van der Waals surface area contributed by atoms with E-state index in [9.17, 15) is 30.6 Å². The molecule has 3 aliphatic rings. The van der Waals surface area contributed by atoms with Gasteiger partial charge in [0.05, 0.1) is 31.8 Å². The number of aliphatic hydroxyl groups excluding tert-OH is 2. The molecule has 0 amide bonds. The highest BCUT2D eigenvalue weighted by atomic mass is 16.5. The standard InChI is InChI=1S/C53H63N3O9/c1-31(2)6-5-23-65-49-28-35(27-47(62)52(49)63)33-10-13-40-39-14-12-38(57)25-34(39)11-15-42(40)56-50-29-36(19-22-55-50)53(20-18-43(58)41(53)30-37-7-4-21-54-37)51(46(61)26-33)45(60)17-9-32-8-16-44(59)48(24-32)64-3/h4,7-8,11-12,14-16,19,21,24-25,27-29,31,33,41,43,45,51,54-60,62-63H,5-6,9-10,13,17-18,20,22-23,26,30H2,1-3H3/t33-,41-,43-,45-,51+,53-/m1/s1. The number of Topliss-reactive ketones (excluding diaryl/α,β-unsaturated/α-hetero) is 1. The summed E-state index contributed by atoms with van der Waals surface area (Å²) in [4.78, 5) is 19.3. The molecule has 65 heavy (non-hydrogen) atoms. The maximum absolute atomic E-state index is 15.9. The number of phenols is 4. The number of hydrogen-bond acceptors (Lipinski definition) is 11. The van der Waals surface area contributed by atoms with Gasteiger partial charge in [0.1, 0.15) is 17.4 Å². The van der Waals surface area contributed by atoms with Gasteiger partial charge in [0.25, 0.3) is 0 Å². The molecule has 12 heteroatoms. The Hall–Kier alpha value is -6.11. The first-order chi connectivity index (χ1) is 31.3. The van der Waals surface area contributed by atoms with E-state index in [2.05, 4.69) is 35.5 Å². The Kier molecular flexibility index (Phi) is 13.7. The summed E-state index contributed by atoms with van der Waals surface area (Å²) in [5.41, 5.74) is 4.01. The van der Waals surface area contributed by atoms with E-state index < -0.39 is 35.4 Å². The van der Waals surface area contributed by atoms with Crippen LogP contribution >= 0.6 is 0 Å². The van der Waals surface area contributed by atoms with E-state index in [1.807, 2.05) is 42.6 Å². The van der Waals surface area contributed by atoms with E-state index >= 15 is 4.79 Å². The average molecular weight is 886 g/mol. The molecule has 5 aromatic rings. The predicted octanol–water partition coefficient (Wildman–Crippen LogP) is 8.90. The Labute approximate surface area is 380 Å². The lowest BCUT2D eigenvalue weighted by Crippen LogP contribution is -2.50. The number of aromatic hydroxyl groups is 4. The van der Waals surface area contributed by atoms with Crippen molar-refractivity contribution in [2.24, 2.45) is 23.2 Å². The number of anilines is 1. The zero-order chi connectivity index (χ0) is 45.8. The smallest absolute Gasteiger partial charge is 0.200 e. The van der Waals surface area contributed by atoms with Crippen LogP contribution in [0.25, 0.3) is 10.8 Å². The first-order valence-electron chi connectivity index (χ1n) is 23.1. The van der Waals surface area contributed by atoms with Crippen LogP contribution in [0.3, 0.4) is 0 Å². The number of benzene rings is 4. The highest BCUT2D eigenvalue weighted by molar-refractivity contribution is 5.91. The van der Waals surface area contributed by atoms with Crippen LogP contribution in [0.1, 0.15) is 87.1 Å². The van der Waals surface area contributed by atoms with Gasteiger partial charge in [-0.25, -0.2) is 0 Å². The van der Waals surface area contributed by atoms with Crippen LogP contribution in [0.15, 0.2) is 103 Å². The number of hydrogen-bond donors (Lipinski definition) is 9. The van der Waals surface area contributed by atoms with E-state index in [-0.39, 0.29) is 47.4 Å². The van der Waals surface area contributed by atoms with Gasteiger partial charge in [0, 0.05) is 41.9 Å². The Bertz CT molecular complexity index is 2550. The number of allylic oxidation sites excluding steroid dienone is 2. The molecular weight excluding hydrogens is 823 g/mol. The van der Waals surface area contributed by atoms with Crippen molar-refractivity contribution in [3.8, 4) is 34.5 Å². The molecule has 1 aromatic heterocycles. The molecule has 344 valence electrons. The number of aliphatic hydroxyl groups is 2. The summed E-state index contributed by atoms with van der Waals surface area (Å²) in [7, 11) is 1.49. The molecular formula is C53H63N3O9. The molecule has 4 aromatic carbocycles. The lowest BCUT2D eigenvalue weighted by Gasteiger charge is -2.46. The Morgan fingerprint density at radius 3 is 2.55 bits per heavy atom. The van der Waals surface area contributed by atoms with Gasteiger partial charge in [-0.1, -0.05) is 38.1 Å². The zero-order valence-electron chi connectivity index (χ0n) is 37.5. The molecule has 2 aliphatic heterocycles. The summed E-state index contributed by atoms with van der Waals surface area (Å²) in [6, 6.07) is 21.5. The van der Waals surface area contributed by atoms with Crippen LogP contribution in [0.2, 0.25) is 0 Å². The van der Waals surface area contributed by atoms with Crippen LogP contribution in [-0.2, 0) is 24.1 Å². The van der Waals surface area contributed by atoms with Crippen molar-refractivity contribution in [2.75, 3.05) is 25.6 Å². The second-order valence-electron chi connectivity index (χ2n) is 18.6. The van der Waals surface area contributed by atoms with Crippen molar-refractivity contribution >= 4 is 22.2 Å². The fourth-order valence-electron chi connectivity index (χ4n) is 10.9. The maximum Gasteiger partial charge on any atom is 0.200 e. The molecule has 0 unspecified atom stereocenters. The Balaban J connectivity index is 1.28. The summed E-state index contributed by atoms with van der Waals surface area (Å²) in [5.74, 6) is -1.04. The second kappa shape index (κ2) is 19.6. The maximum atomic E-state index is 15.9. The average Bonchev–Trinajstić information content (AvgIpc) is 3.93. The van der Waals surface area contributed by atoms with Crippen LogP contribution < -0.4 is 20.1 Å².